The third-order valence-corrected chi connectivity index (χ3v) is 7.76. The lowest BCUT2D eigenvalue weighted by Crippen LogP contribution is -2.29. The van der Waals surface area contributed by atoms with Crippen molar-refractivity contribution < 1.29 is 13.5 Å². The van der Waals surface area contributed by atoms with Crippen LogP contribution < -0.4 is 4.31 Å². The van der Waals surface area contributed by atoms with Crippen LogP contribution >= 0.6 is 23.2 Å². The Kier molecular flexibility index (Phi) is 5.89. The van der Waals surface area contributed by atoms with E-state index in [0.29, 0.717) is 5.69 Å². The van der Waals surface area contributed by atoms with E-state index in [1.165, 1.54) is 16.4 Å². The van der Waals surface area contributed by atoms with Crippen molar-refractivity contribution in [3.8, 4) is 5.75 Å². The molecule has 0 aliphatic heterocycles. The van der Waals surface area contributed by atoms with Gasteiger partial charge in [0.05, 0.1) is 26.3 Å². The lowest BCUT2D eigenvalue weighted by Gasteiger charge is -2.29. The average Bonchev–Trinajstić information content (AvgIpc) is 3.12. The molecular formula is C25H24Cl2N2O3S. The number of rotatable bonds is 4. The van der Waals surface area contributed by atoms with E-state index in [-0.39, 0.29) is 26.4 Å². The van der Waals surface area contributed by atoms with Gasteiger partial charge in [-0.3, -0.25) is 0 Å². The van der Waals surface area contributed by atoms with E-state index in [0.717, 1.165) is 22.2 Å². The van der Waals surface area contributed by atoms with E-state index in [1.807, 2.05) is 52.0 Å². The van der Waals surface area contributed by atoms with Crippen LogP contribution in [-0.4, -0.2) is 18.5 Å². The minimum Gasteiger partial charge on any atom is -0.506 e. The summed E-state index contributed by atoms with van der Waals surface area (Å²) in [6.45, 7) is 7.90. The molecule has 0 saturated heterocycles. The highest BCUT2D eigenvalue weighted by molar-refractivity contribution is 7.93. The zero-order valence-electron chi connectivity index (χ0n) is 18.6. The van der Waals surface area contributed by atoms with Crippen molar-refractivity contribution in [2.75, 3.05) is 4.31 Å². The second-order valence-electron chi connectivity index (χ2n) is 8.98. The highest BCUT2D eigenvalue weighted by Crippen LogP contribution is 2.47. The summed E-state index contributed by atoms with van der Waals surface area (Å²) in [6.07, 6.45) is 0. The van der Waals surface area contributed by atoms with Crippen LogP contribution in [0.2, 0.25) is 10.0 Å². The van der Waals surface area contributed by atoms with Gasteiger partial charge in [-0.05, 0) is 31.2 Å². The van der Waals surface area contributed by atoms with Crippen LogP contribution in [0.15, 0.2) is 65.6 Å². The monoisotopic (exact) mass is 502 g/mol. The molecule has 5 nitrogen and oxygen atoms in total. The molecule has 0 spiro atoms. The Morgan fingerprint density at radius 2 is 1.58 bits per heavy atom. The number of fused-ring (bicyclic) bond motifs is 1. The molecule has 172 valence electrons. The fraction of sp³-hybridized carbons (Fsp3) is 0.200. The largest absolute Gasteiger partial charge is 0.506 e. The summed E-state index contributed by atoms with van der Waals surface area (Å²) < 4.78 is 29.6. The number of hydrogen-bond donors (Lipinski definition) is 2. The standard InChI is InChI=1S/C25H24Cl2N2O3S/c1-15-9-11-16(12-10-15)33(31,32)29(21-13-19(27)22(30)14-18(21)26)23-17-7-5-6-8-20(17)28-24(23)25(2,3)4/h5-14,28,30H,1-4H3. The highest BCUT2D eigenvalue weighted by Gasteiger charge is 2.35. The Morgan fingerprint density at radius 1 is 0.939 bits per heavy atom. The Morgan fingerprint density at radius 3 is 2.21 bits per heavy atom. The van der Waals surface area contributed by atoms with Gasteiger partial charge in [-0.15, -0.1) is 0 Å². The van der Waals surface area contributed by atoms with Gasteiger partial charge in [0.25, 0.3) is 10.0 Å². The molecule has 4 rings (SSSR count). The molecule has 0 aliphatic rings. The second kappa shape index (κ2) is 8.28. The first-order valence-corrected chi connectivity index (χ1v) is 12.5. The number of anilines is 2. The smallest absolute Gasteiger partial charge is 0.268 e. The molecule has 8 heteroatoms. The Balaban J connectivity index is 2.14. The number of aromatic amines is 1. The molecule has 0 saturated carbocycles. The lowest BCUT2D eigenvalue weighted by atomic mass is 9.91. The van der Waals surface area contributed by atoms with Crippen LogP contribution in [0, 0.1) is 6.92 Å². The third kappa shape index (κ3) is 4.19. The topological polar surface area (TPSA) is 73.4 Å². The maximum Gasteiger partial charge on any atom is 0.268 e. The van der Waals surface area contributed by atoms with E-state index >= 15 is 0 Å². The number of aryl methyl sites for hydroxylation is 1. The molecule has 2 N–H and O–H groups in total. The average molecular weight is 503 g/mol. The van der Waals surface area contributed by atoms with Gasteiger partial charge >= 0.3 is 0 Å². The molecule has 4 aromatic rings. The van der Waals surface area contributed by atoms with Crippen molar-refractivity contribution in [3.63, 3.8) is 0 Å². The maximum absolute atomic E-state index is 14.2. The van der Waals surface area contributed by atoms with E-state index in [4.69, 9.17) is 23.2 Å². The second-order valence-corrected chi connectivity index (χ2v) is 11.6. The first-order chi connectivity index (χ1) is 15.4. The molecule has 0 bridgehead atoms. The molecule has 0 atom stereocenters. The number of benzene rings is 3. The van der Waals surface area contributed by atoms with Crippen LogP contribution in [0.3, 0.4) is 0 Å². The molecule has 3 aromatic carbocycles. The molecule has 0 fully saturated rings. The van der Waals surface area contributed by atoms with Crippen LogP contribution in [-0.2, 0) is 15.4 Å². The predicted octanol–water partition coefficient (Wildman–Crippen LogP) is 7.31. The number of aromatic nitrogens is 1. The summed E-state index contributed by atoms with van der Waals surface area (Å²) in [5.74, 6) is -0.229. The number of phenols is 1. The summed E-state index contributed by atoms with van der Waals surface area (Å²) >= 11 is 12.7. The van der Waals surface area contributed by atoms with E-state index in [9.17, 15) is 13.5 Å². The molecule has 0 amide bonds. The summed E-state index contributed by atoms with van der Waals surface area (Å²) in [5, 5.41) is 10.8. The number of H-pyrrole nitrogens is 1. The third-order valence-electron chi connectivity index (χ3n) is 5.43. The summed E-state index contributed by atoms with van der Waals surface area (Å²) in [4.78, 5) is 3.51. The molecule has 0 radical (unpaired) electrons. The molecule has 1 heterocycles. The van der Waals surface area contributed by atoms with Gasteiger partial charge < -0.3 is 10.1 Å². The minimum atomic E-state index is -4.13. The maximum atomic E-state index is 14.2. The number of hydrogen-bond acceptors (Lipinski definition) is 3. The Hall–Kier alpha value is -2.67. The minimum absolute atomic E-state index is 0.00402. The van der Waals surface area contributed by atoms with Crippen molar-refractivity contribution >= 4 is 55.5 Å². The van der Waals surface area contributed by atoms with Gasteiger partial charge in [0.1, 0.15) is 5.75 Å². The molecule has 1 aromatic heterocycles. The van der Waals surface area contributed by atoms with Crippen LogP contribution in [0.25, 0.3) is 10.9 Å². The van der Waals surface area contributed by atoms with Crippen LogP contribution in [0.4, 0.5) is 11.4 Å². The fourth-order valence-corrected chi connectivity index (χ4v) is 5.73. The normalized spacial score (nSPS) is 12.3. The Labute approximate surface area is 203 Å². The Bertz CT molecular complexity index is 1450. The first kappa shape index (κ1) is 23.5. The summed E-state index contributed by atoms with van der Waals surface area (Å²) in [7, 11) is -4.13. The van der Waals surface area contributed by atoms with Crippen molar-refractivity contribution in [1.29, 1.82) is 0 Å². The van der Waals surface area contributed by atoms with Crippen LogP contribution in [0.5, 0.6) is 5.75 Å². The number of halogens is 2. The number of phenolic OH excluding ortho intramolecular Hbond substituents is 1. The van der Waals surface area contributed by atoms with Gasteiger partial charge in [-0.1, -0.05) is 79.9 Å². The SMILES string of the molecule is Cc1ccc(S(=O)(=O)N(c2cc(Cl)c(O)cc2Cl)c2c(C(C)(C)C)[nH]c3ccccc23)cc1. The van der Waals surface area contributed by atoms with Gasteiger partial charge in [0.2, 0.25) is 0 Å². The molecule has 0 aliphatic carbocycles. The summed E-state index contributed by atoms with van der Waals surface area (Å²) in [5.41, 5.74) is 2.64. The first-order valence-electron chi connectivity index (χ1n) is 10.3. The summed E-state index contributed by atoms with van der Waals surface area (Å²) in [6, 6.07) is 16.8. The number of nitrogens with one attached hydrogen (secondary N) is 1. The van der Waals surface area contributed by atoms with Crippen LogP contribution in [0.1, 0.15) is 32.0 Å². The molecular weight excluding hydrogens is 479 g/mol. The van der Waals surface area contributed by atoms with Gasteiger partial charge in [0.15, 0.2) is 0 Å². The highest BCUT2D eigenvalue weighted by atomic mass is 35.5. The van der Waals surface area contributed by atoms with E-state index in [2.05, 4.69) is 4.98 Å². The molecule has 33 heavy (non-hydrogen) atoms. The molecule has 0 unspecified atom stereocenters. The number of aromatic hydroxyl groups is 1. The number of nitrogens with zero attached hydrogens (tertiary/aromatic N) is 1. The van der Waals surface area contributed by atoms with E-state index < -0.39 is 15.4 Å². The van der Waals surface area contributed by atoms with Crippen molar-refractivity contribution in [3.05, 3.63) is 82.0 Å². The number of sulfonamides is 1. The van der Waals surface area contributed by atoms with Gasteiger partial charge in [-0.2, -0.15) is 0 Å². The quantitative estimate of drug-likeness (QED) is 0.307. The number of para-hydroxylation sites is 1. The van der Waals surface area contributed by atoms with Crippen molar-refractivity contribution in [1.82, 2.24) is 4.98 Å². The van der Waals surface area contributed by atoms with E-state index in [1.54, 1.807) is 24.3 Å². The van der Waals surface area contributed by atoms with Gasteiger partial charge in [0, 0.05) is 28.1 Å². The lowest BCUT2D eigenvalue weighted by molar-refractivity contribution is 0.475. The van der Waals surface area contributed by atoms with Crippen molar-refractivity contribution in [2.24, 2.45) is 0 Å². The predicted molar refractivity (Wildman–Crippen MR) is 136 cm³/mol. The van der Waals surface area contributed by atoms with Gasteiger partial charge in [-0.25, -0.2) is 12.7 Å². The fourth-order valence-electron chi connectivity index (χ4n) is 3.75. The van der Waals surface area contributed by atoms with Crippen molar-refractivity contribution in [2.45, 2.75) is 38.0 Å². The zero-order valence-corrected chi connectivity index (χ0v) is 21.0. The zero-order chi connectivity index (χ0) is 24.1.